The Bertz CT molecular complexity index is 2570. The number of anilines is 3. The van der Waals surface area contributed by atoms with E-state index in [0.29, 0.717) is 61.0 Å². The number of fused-ring (bicyclic) bond motifs is 1. The number of carbonyl (C=O) groups is 1. The first-order valence-corrected chi connectivity index (χ1v) is 22.6. The summed E-state index contributed by atoms with van der Waals surface area (Å²) in [4.78, 5) is 20.4. The van der Waals surface area contributed by atoms with Gasteiger partial charge in [-0.25, -0.2) is 21.6 Å². The maximum atomic E-state index is 13.6. The molecule has 320 valence electrons. The molecule has 60 heavy (non-hydrogen) atoms. The van der Waals surface area contributed by atoms with Crippen LogP contribution in [0.15, 0.2) is 90.0 Å². The second kappa shape index (κ2) is 18.4. The number of aromatic nitrogens is 1. The SMILES string of the molecule is COc1cc(Cc2cc(Oc3ccc(NC(=O)Nc4cc(C(C)(C)C)cc(NS(C)(=O)=O)c4OC)c4ccccc34)ccn2)ccc1S(=O)(=O)N(C)CCN1CCOCC1. The molecule has 1 saturated heterocycles. The third-order valence-electron chi connectivity index (χ3n) is 9.99. The molecule has 4 aromatic carbocycles. The molecular formula is C43H52N6O9S2. The van der Waals surface area contributed by atoms with Crippen LogP contribution in [0.2, 0.25) is 0 Å². The number of urea groups is 1. The standard InChI is InChI=1S/C43H52N6O9S2/c1-43(2,3)30-26-36(41(56-6)37(27-30)47-59(7,51)52)46-42(50)45-35-13-14-38(34-11-9-8-10-33(34)35)58-32-16-17-44-31(28-32)24-29-12-15-40(39(25-29)55-5)60(53,54)48(4)18-19-49-20-22-57-23-21-49/h8-17,25-28,47H,18-24H2,1-7H3,(H2,45,46,50). The van der Waals surface area contributed by atoms with Crippen molar-refractivity contribution >= 4 is 53.9 Å². The van der Waals surface area contributed by atoms with Gasteiger partial charge in [0.1, 0.15) is 22.1 Å². The Morgan fingerprint density at radius 1 is 0.850 bits per heavy atom. The van der Waals surface area contributed by atoms with Crippen LogP contribution >= 0.6 is 0 Å². The molecule has 0 aliphatic carbocycles. The second-order valence-electron chi connectivity index (χ2n) is 15.5. The molecule has 1 aliphatic heterocycles. The quantitative estimate of drug-likeness (QED) is 0.0998. The summed E-state index contributed by atoms with van der Waals surface area (Å²) in [5.74, 6) is 1.48. The first-order valence-electron chi connectivity index (χ1n) is 19.3. The van der Waals surface area contributed by atoms with Crippen molar-refractivity contribution in [2.45, 2.75) is 37.5 Å². The highest BCUT2D eigenvalue weighted by atomic mass is 32.2. The van der Waals surface area contributed by atoms with Gasteiger partial charge >= 0.3 is 6.03 Å². The normalized spacial score (nSPS) is 13.9. The first kappa shape index (κ1) is 44.1. The Hall–Kier alpha value is -5.46. The molecule has 17 heteroatoms. The van der Waals surface area contributed by atoms with E-state index in [0.717, 1.165) is 35.9 Å². The van der Waals surface area contributed by atoms with Crippen molar-refractivity contribution in [2.75, 3.05) is 82.3 Å². The predicted octanol–water partition coefficient (Wildman–Crippen LogP) is 6.90. The molecule has 5 aromatic rings. The number of benzene rings is 4. The lowest BCUT2D eigenvalue weighted by atomic mass is 9.86. The van der Waals surface area contributed by atoms with Crippen molar-refractivity contribution in [2.24, 2.45) is 0 Å². The van der Waals surface area contributed by atoms with Crippen LogP contribution in [0.3, 0.4) is 0 Å². The average molecular weight is 861 g/mol. The van der Waals surface area contributed by atoms with Gasteiger partial charge in [-0.15, -0.1) is 0 Å². The lowest BCUT2D eigenvalue weighted by Gasteiger charge is -2.28. The Morgan fingerprint density at radius 3 is 2.23 bits per heavy atom. The van der Waals surface area contributed by atoms with Gasteiger partial charge in [0.15, 0.2) is 5.75 Å². The van der Waals surface area contributed by atoms with Crippen LogP contribution in [-0.4, -0.2) is 104 Å². The number of amides is 2. The average Bonchev–Trinajstić information content (AvgIpc) is 3.20. The molecule has 1 aromatic heterocycles. The molecule has 3 N–H and O–H groups in total. The first-order chi connectivity index (χ1) is 28.4. The van der Waals surface area contributed by atoms with Gasteiger partial charge in [0.2, 0.25) is 20.0 Å². The number of hydrogen-bond donors (Lipinski definition) is 3. The van der Waals surface area contributed by atoms with Crippen LogP contribution < -0.4 is 29.6 Å². The van der Waals surface area contributed by atoms with E-state index in [2.05, 4.69) is 25.2 Å². The van der Waals surface area contributed by atoms with Crippen molar-refractivity contribution < 1.29 is 40.6 Å². The minimum Gasteiger partial charge on any atom is -0.495 e. The molecule has 0 saturated carbocycles. The van der Waals surface area contributed by atoms with E-state index in [-0.39, 0.29) is 33.2 Å². The maximum absolute atomic E-state index is 13.6. The van der Waals surface area contributed by atoms with Crippen molar-refractivity contribution in [1.82, 2.24) is 14.2 Å². The number of ether oxygens (including phenoxy) is 4. The predicted molar refractivity (Wildman–Crippen MR) is 234 cm³/mol. The molecule has 15 nitrogen and oxygen atoms in total. The van der Waals surface area contributed by atoms with Gasteiger partial charge in [-0.2, -0.15) is 4.31 Å². The summed E-state index contributed by atoms with van der Waals surface area (Å²) in [5.41, 5.74) is 2.89. The highest BCUT2D eigenvalue weighted by molar-refractivity contribution is 7.92. The Kier molecular flexibility index (Phi) is 13.5. The fourth-order valence-electron chi connectivity index (χ4n) is 6.78. The molecule has 0 atom stereocenters. The number of hydrogen-bond acceptors (Lipinski definition) is 11. The van der Waals surface area contributed by atoms with Gasteiger partial charge in [0.05, 0.1) is 50.8 Å². The van der Waals surface area contributed by atoms with Crippen LogP contribution in [0.4, 0.5) is 21.9 Å². The summed E-state index contributed by atoms with van der Waals surface area (Å²) in [6.45, 7) is 9.72. The molecule has 0 radical (unpaired) electrons. The number of sulfonamides is 2. The van der Waals surface area contributed by atoms with E-state index in [4.69, 9.17) is 18.9 Å². The third-order valence-corrected chi connectivity index (χ3v) is 12.5. The number of nitrogens with one attached hydrogen (secondary N) is 3. The van der Waals surface area contributed by atoms with E-state index in [1.165, 1.54) is 18.5 Å². The van der Waals surface area contributed by atoms with E-state index in [1.807, 2.05) is 51.1 Å². The van der Waals surface area contributed by atoms with Crippen molar-refractivity contribution in [3.05, 3.63) is 102 Å². The number of likely N-dealkylation sites (N-methyl/N-ethyl adjacent to an activating group) is 1. The van der Waals surface area contributed by atoms with Crippen LogP contribution in [0.5, 0.6) is 23.0 Å². The zero-order chi connectivity index (χ0) is 43.2. The zero-order valence-electron chi connectivity index (χ0n) is 34.9. The molecule has 0 spiro atoms. The number of rotatable bonds is 15. The molecule has 0 unspecified atom stereocenters. The van der Waals surface area contributed by atoms with Crippen LogP contribution in [0.25, 0.3) is 10.8 Å². The van der Waals surface area contributed by atoms with Crippen LogP contribution in [-0.2, 0) is 36.6 Å². The minimum absolute atomic E-state index is 0.0936. The van der Waals surface area contributed by atoms with E-state index < -0.39 is 26.1 Å². The van der Waals surface area contributed by atoms with Crippen LogP contribution in [0.1, 0.15) is 37.6 Å². The van der Waals surface area contributed by atoms with Crippen LogP contribution in [0, 0.1) is 0 Å². The van der Waals surface area contributed by atoms with Crippen molar-refractivity contribution in [3.63, 3.8) is 0 Å². The summed E-state index contributed by atoms with van der Waals surface area (Å²) in [7, 11) is -3.03. The summed E-state index contributed by atoms with van der Waals surface area (Å²) in [6, 6.07) is 22.5. The summed E-state index contributed by atoms with van der Waals surface area (Å²) >= 11 is 0. The van der Waals surface area contributed by atoms with Gasteiger partial charge in [-0.3, -0.25) is 14.6 Å². The molecule has 1 aliphatic rings. The molecular weight excluding hydrogens is 809 g/mol. The molecule has 2 heterocycles. The van der Waals surface area contributed by atoms with Gasteiger partial charge in [-0.1, -0.05) is 51.1 Å². The molecule has 2 amide bonds. The van der Waals surface area contributed by atoms with E-state index in [1.54, 1.807) is 61.8 Å². The van der Waals surface area contributed by atoms with Gasteiger partial charge in [0.25, 0.3) is 0 Å². The van der Waals surface area contributed by atoms with Crippen molar-refractivity contribution in [3.8, 4) is 23.0 Å². The Balaban J connectivity index is 1.17. The second-order valence-corrected chi connectivity index (χ2v) is 19.3. The van der Waals surface area contributed by atoms with Gasteiger partial charge < -0.3 is 29.6 Å². The number of methoxy groups -OCH3 is 2. The summed E-state index contributed by atoms with van der Waals surface area (Å²) < 4.78 is 78.3. The molecule has 1 fully saturated rings. The molecule has 0 bridgehead atoms. The minimum atomic E-state index is -3.81. The summed E-state index contributed by atoms with van der Waals surface area (Å²) in [6.07, 6.45) is 3.08. The largest absolute Gasteiger partial charge is 0.495 e. The summed E-state index contributed by atoms with van der Waals surface area (Å²) in [5, 5.41) is 7.20. The number of morpholine rings is 1. The topological polar surface area (TPSA) is 178 Å². The Labute approximate surface area is 352 Å². The highest BCUT2D eigenvalue weighted by Gasteiger charge is 2.26. The van der Waals surface area contributed by atoms with Gasteiger partial charge in [0, 0.05) is 68.4 Å². The Morgan fingerprint density at radius 2 is 1.55 bits per heavy atom. The molecule has 6 rings (SSSR count). The third kappa shape index (κ3) is 10.8. The van der Waals surface area contributed by atoms with Crippen molar-refractivity contribution in [1.29, 1.82) is 0 Å². The number of carbonyl (C=O) groups excluding carboxylic acids is 1. The van der Waals surface area contributed by atoms with Gasteiger partial charge in [-0.05, 0) is 59.0 Å². The van der Waals surface area contributed by atoms with E-state index >= 15 is 0 Å². The maximum Gasteiger partial charge on any atom is 0.323 e. The lowest BCUT2D eigenvalue weighted by molar-refractivity contribution is 0.0368. The van der Waals surface area contributed by atoms with E-state index in [9.17, 15) is 21.6 Å². The number of nitrogens with zero attached hydrogens (tertiary/aromatic N) is 3. The fraction of sp³-hybridized carbons (Fsp3) is 0.349. The fourth-order valence-corrected chi connectivity index (χ4v) is 8.62. The lowest BCUT2D eigenvalue weighted by Crippen LogP contribution is -2.41. The highest BCUT2D eigenvalue weighted by Crippen LogP contribution is 2.40. The smallest absolute Gasteiger partial charge is 0.323 e. The monoisotopic (exact) mass is 860 g/mol. The number of pyridine rings is 1. The zero-order valence-corrected chi connectivity index (χ0v) is 36.5.